The minimum atomic E-state index is -1.46. The van der Waals surface area contributed by atoms with Gasteiger partial charge in [-0.05, 0) is 0 Å². The maximum atomic E-state index is 12.1. The lowest BCUT2D eigenvalue weighted by Crippen LogP contribution is -1.92. The molecule has 1 aromatic rings. The molecular weight excluding hydrogens is 167 g/mol. The Bertz CT molecular complexity index is 240. The molecular formula is C5ClF3N. The highest BCUT2D eigenvalue weighted by Gasteiger charge is 2.10. The number of hydrogen-bond donors (Lipinski definition) is 0. The van der Waals surface area contributed by atoms with Crippen LogP contribution in [0.1, 0.15) is 0 Å². The van der Waals surface area contributed by atoms with Gasteiger partial charge in [0.15, 0.2) is 16.8 Å². The van der Waals surface area contributed by atoms with Crippen molar-refractivity contribution < 1.29 is 13.2 Å². The van der Waals surface area contributed by atoms with Gasteiger partial charge in [0, 0.05) is 0 Å². The van der Waals surface area contributed by atoms with Crippen molar-refractivity contribution in [3.05, 3.63) is 28.8 Å². The van der Waals surface area contributed by atoms with E-state index in [0.29, 0.717) is 0 Å². The summed E-state index contributed by atoms with van der Waals surface area (Å²) in [6, 6.07) is 1.38. The van der Waals surface area contributed by atoms with Crippen LogP contribution in [0.15, 0.2) is 0 Å². The van der Waals surface area contributed by atoms with E-state index in [2.05, 4.69) is 4.98 Å². The fourth-order valence-electron chi connectivity index (χ4n) is 0.399. The van der Waals surface area contributed by atoms with Crippen molar-refractivity contribution in [2.45, 2.75) is 0 Å². The van der Waals surface area contributed by atoms with Crippen molar-refractivity contribution in [1.29, 1.82) is 0 Å². The molecule has 0 saturated carbocycles. The van der Waals surface area contributed by atoms with Crippen LogP contribution in [0.3, 0.4) is 0 Å². The topological polar surface area (TPSA) is 12.9 Å². The number of aromatic nitrogens is 1. The first-order chi connectivity index (χ1) is 4.61. The molecule has 1 aromatic heterocycles. The Labute approximate surface area is 59.5 Å². The standard InChI is InChI=1S/C5ClF3N/c6-5-4(9)2(7)1-3(8)10-5. The van der Waals surface area contributed by atoms with Crippen LogP contribution in [-0.4, -0.2) is 4.98 Å². The molecule has 0 amide bonds. The highest BCUT2D eigenvalue weighted by Crippen LogP contribution is 2.14. The Morgan fingerprint density at radius 1 is 1.30 bits per heavy atom. The van der Waals surface area contributed by atoms with E-state index in [4.69, 9.17) is 11.6 Å². The average molecular weight is 167 g/mol. The number of hydrogen-bond acceptors (Lipinski definition) is 1. The molecule has 0 aromatic carbocycles. The van der Waals surface area contributed by atoms with E-state index in [1.165, 1.54) is 6.07 Å². The normalized spacial score (nSPS) is 10.0. The smallest absolute Gasteiger partial charge is 0.204 e. The van der Waals surface area contributed by atoms with Gasteiger partial charge < -0.3 is 0 Å². The Balaban J connectivity index is 3.31. The van der Waals surface area contributed by atoms with E-state index in [9.17, 15) is 13.2 Å². The van der Waals surface area contributed by atoms with Gasteiger partial charge in [0.2, 0.25) is 5.95 Å². The van der Waals surface area contributed by atoms with Crippen molar-refractivity contribution in [3.63, 3.8) is 0 Å². The molecule has 0 unspecified atom stereocenters. The van der Waals surface area contributed by atoms with Crippen LogP contribution in [0.25, 0.3) is 0 Å². The third-order valence-corrected chi connectivity index (χ3v) is 1.03. The van der Waals surface area contributed by atoms with Crippen LogP contribution < -0.4 is 0 Å². The zero-order chi connectivity index (χ0) is 7.72. The molecule has 0 spiro atoms. The number of halogens is 4. The molecule has 0 N–H and O–H groups in total. The summed E-state index contributed by atoms with van der Waals surface area (Å²) >= 11 is 4.93. The van der Waals surface area contributed by atoms with Gasteiger partial charge in [0.05, 0.1) is 6.07 Å². The molecule has 0 aliphatic carbocycles. The molecule has 0 saturated heterocycles. The molecule has 0 aliphatic heterocycles. The predicted octanol–water partition coefficient (Wildman–Crippen LogP) is 1.95. The minimum absolute atomic E-state index is 0.825. The second-order valence-corrected chi connectivity index (χ2v) is 1.80. The SMILES string of the molecule is Fc1[c]c(F)c(F)c(Cl)n1. The van der Waals surface area contributed by atoms with Gasteiger partial charge in [-0.25, -0.2) is 13.8 Å². The van der Waals surface area contributed by atoms with Crippen LogP contribution in [0.5, 0.6) is 0 Å². The summed E-state index contributed by atoms with van der Waals surface area (Å²) in [5, 5.41) is -0.825. The molecule has 1 radical (unpaired) electrons. The number of nitrogens with zero attached hydrogens (tertiary/aromatic N) is 1. The lowest BCUT2D eigenvalue weighted by Gasteiger charge is -1.92. The molecule has 0 fully saturated rings. The summed E-state index contributed by atoms with van der Waals surface area (Å²) in [5.74, 6) is -4.11. The largest absolute Gasteiger partial charge is 0.225 e. The maximum Gasteiger partial charge on any atom is 0.225 e. The monoisotopic (exact) mass is 166 g/mol. The van der Waals surface area contributed by atoms with Gasteiger partial charge in [-0.3, -0.25) is 0 Å². The number of pyridine rings is 1. The zero-order valence-corrected chi connectivity index (χ0v) is 5.22. The second kappa shape index (κ2) is 2.46. The second-order valence-electron chi connectivity index (χ2n) is 1.45. The highest BCUT2D eigenvalue weighted by molar-refractivity contribution is 6.29. The van der Waals surface area contributed by atoms with Crippen LogP contribution in [0.4, 0.5) is 13.2 Å². The van der Waals surface area contributed by atoms with Gasteiger partial charge >= 0.3 is 0 Å². The summed E-state index contributed by atoms with van der Waals surface area (Å²) in [5.41, 5.74) is 0. The molecule has 10 heavy (non-hydrogen) atoms. The Kier molecular flexibility index (Phi) is 1.80. The van der Waals surface area contributed by atoms with Crippen LogP contribution in [-0.2, 0) is 0 Å². The fourth-order valence-corrected chi connectivity index (χ4v) is 0.556. The molecule has 1 rings (SSSR count). The van der Waals surface area contributed by atoms with Crippen LogP contribution in [0.2, 0.25) is 5.15 Å². The molecule has 1 heterocycles. The molecule has 1 nitrogen and oxygen atoms in total. The molecule has 0 bridgehead atoms. The van der Waals surface area contributed by atoms with Gasteiger partial charge in [0.25, 0.3) is 0 Å². The first-order valence-electron chi connectivity index (χ1n) is 2.20. The molecule has 5 heteroatoms. The predicted molar refractivity (Wildman–Crippen MR) is 28.0 cm³/mol. The van der Waals surface area contributed by atoms with E-state index in [1.807, 2.05) is 0 Å². The van der Waals surface area contributed by atoms with Crippen molar-refractivity contribution in [1.82, 2.24) is 4.98 Å². The highest BCUT2D eigenvalue weighted by atomic mass is 35.5. The van der Waals surface area contributed by atoms with Crippen molar-refractivity contribution >= 4 is 11.6 Å². The summed E-state index contributed by atoms with van der Waals surface area (Å²) < 4.78 is 36.1. The lowest BCUT2D eigenvalue weighted by molar-refractivity contribution is 0.476. The first kappa shape index (κ1) is 7.34. The van der Waals surface area contributed by atoms with E-state index < -0.39 is 22.7 Å². The molecule has 0 aliphatic rings. The van der Waals surface area contributed by atoms with Gasteiger partial charge in [-0.2, -0.15) is 4.39 Å². The van der Waals surface area contributed by atoms with Crippen molar-refractivity contribution in [2.75, 3.05) is 0 Å². The number of rotatable bonds is 0. The summed E-state index contributed by atoms with van der Waals surface area (Å²) in [4.78, 5) is 2.76. The van der Waals surface area contributed by atoms with Gasteiger partial charge in [0.1, 0.15) is 0 Å². The van der Waals surface area contributed by atoms with Crippen LogP contribution in [0, 0.1) is 23.6 Å². The van der Waals surface area contributed by atoms with Crippen LogP contribution >= 0.6 is 11.6 Å². The van der Waals surface area contributed by atoms with E-state index in [0.717, 1.165) is 0 Å². The summed E-state index contributed by atoms with van der Waals surface area (Å²) in [6.07, 6.45) is 0. The van der Waals surface area contributed by atoms with Gasteiger partial charge in [-0.1, -0.05) is 11.6 Å². The quantitative estimate of drug-likeness (QED) is 0.537. The van der Waals surface area contributed by atoms with Crippen molar-refractivity contribution in [2.24, 2.45) is 0 Å². The first-order valence-corrected chi connectivity index (χ1v) is 2.58. The van der Waals surface area contributed by atoms with Gasteiger partial charge in [-0.15, -0.1) is 0 Å². The van der Waals surface area contributed by atoms with E-state index in [1.54, 1.807) is 0 Å². The van der Waals surface area contributed by atoms with E-state index in [-0.39, 0.29) is 0 Å². The lowest BCUT2D eigenvalue weighted by atomic mass is 10.4. The third-order valence-electron chi connectivity index (χ3n) is 0.783. The summed E-state index contributed by atoms with van der Waals surface area (Å²) in [6.45, 7) is 0. The Hall–Kier alpha value is -0.770. The zero-order valence-electron chi connectivity index (χ0n) is 4.46. The average Bonchev–Trinajstić information content (AvgIpc) is 1.82. The fraction of sp³-hybridized carbons (Fsp3) is 0. The summed E-state index contributed by atoms with van der Waals surface area (Å²) in [7, 11) is 0. The minimum Gasteiger partial charge on any atom is -0.204 e. The van der Waals surface area contributed by atoms with Crippen molar-refractivity contribution in [3.8, 4) is 0 Å². The molecule has 53 valence electrons. The Morgan fingerprint density at radius 3 is 2.40 bits per heavy atom. The van der Waals surface area contributed by atoms with E-state index >= 15 is 0 Å². The Morgan fingerprint density at radius 2 is 1.90 bits per heavy atom. The molecule has 0 atom stereocenters. The third kappa shape index (κ3) is 1.21. The maximum absolute atomic E-state index is 12.1.